The summed E-state index contributed by atoms with van der Waals surface area (Å²) in [6, 6.07) is 7.74. The number of rotatable bonds is 14. The zero-order chi connectivity index (χ0) is 32.2. The smallest absolute Gasteiger partial charge is 0.312 e. The van der Waals surface area contributed by atoms with E-state index in [0.29, 0.717) is 32.1 Å². The molecule has 7 atom stereocenters. The van der Waals surface area contributed by atoms with Crippen LogP contribution in [-0.2, 0) is 35.1 Å². The average Bonchev–Trinajstić information content (AvgIpc) is 3.63. The van der Waals surface area contributed by atoms with Crippen molar-refractivity contribution >= 4 is 23.7 Å². The maximum absolute atomic E-state index is 14.6. The van der Waals surface area contributed by atoms with E-state index >= 15 is 0 Å². The van der Waals surface area contributed by atoms with Crippen molar-refractivity contribution in [2.24, 2.45) is 11.8 Å². The van der Waals surface area contributed by atoms with Crippen LogP contribution in [0, 0.1) is 11.8 Å². The number of nitrogens with one attached hydrogen (secondary N) is 1. The second kappa shape index (κ2) is 13.6. The summed E-state index contributed by atoms with van der Waals surface area (Å²) in [5, 5.41) is 13.4. The molecule has 1 aromatic carbocycles. The van der Waals surface area contributed by atoms with Crippen LogP contribution in [0.1, 0.15) is 58.9 Å². The molecule has 10 nitrogen and oxygen atoms in total. The Kier molecular flexibility index (Phi) is 10.4. The highest BCUT2D eigenvalue weighted by Crippen LogP contribution is 2.59. The van der Waals surface area contributed by atoms with Gasteiger partial charge in [-0.1, -0.05) is 42.5 Å². The monoisotopic (exact) mass is 609 g/mol. The SMILES string of the molecule is C=CCCC(=O)NC[C@H](C)OC(=O)[C@@H]1[C@@H]2CC[C@]3(O2)[C@H](C(=O)N(CC=C)C(C)(C)C)N([C@@H](CO)Cc2ccccc2)C(=O)[C@@H]13. The molecule has 0 aromatic heterocycles. The molecular formula is C34H47N3O7. The van der Waals surface area contributed by atoms with Crippen LogP contribution >= 0.6 is 0 Å². The van der Waals surface area contributed by atoms with Gasteiger partial charge in [-0.3, -0.25) is 19.2 Å². The lowest BCUT2D eigenvalue weighted by Gasteiger charge is -2.43. The number of nitrogens with zero attached hydrogens (tertiary/aromatic N) is 2. The Bertz CT molecular complexity index is 1250. The van der Waals surface area contributed by atoms with Crippen molar-refractivity contribution in [3.63, 3.8) is 0 Å². The van der Waals surface area contributed by atoms with E-state index in [-0.39, 0.29) is 37.4 Å². The Hall–Kier alpha value is -3.50. The van der Waals surface area contributed by atoms with Crippen LogP contribution in [-0.4, -0.2) is 93.7 Å². The summed E-state index contributed by atoms with van der Waals surface area (Å²) in [5.41, 5.74) is -0.924. The molecule has 2 N–H and O–H groups in total. The van der Waals surface area contributed by atoms with Gasteiger partial charge in [0.2, 0.25) is 17.7 Å². The summed E-state index contributed by atoms with van der Waals surface area (Å²) < 4.78 is 12.3. The number of allylic oxidation sites excluding steroid dienone is 1. The second-order valence-corrected chi connectivity index (χ2v) is 13.1. The van der Waals surface area contributed by atoms with Gasteiger partial charge in [-0.15, -0.1) is 13.2 Å². The van der Waals surface area contributed by atoms with Crippen LogP contribution in [0.3, 0.4) is 0 Å². The van der Waals surface area contributed by atoms with Gasteiger partial charge >= 0.3 is 5.97 Å². The molecule has 3 saturated heterocycles. The van der Waals surface area contributed by atoms with Crippen molar-refractivity contribution in [1.82, 2.24) is 15.1 Å². The molecule has 4 rings (SSSR count). The maximum Gasteiger partial charge on any atom is 0.312 e. The largest absolute Gasteiger partial charge is 0.460 e. The van der Waals surface area contributed by atoms with Crippen LogP contribution in [0.15, 0.2) is 55.6 Å². The number of fused-ring (bicyclic) bond motifs is 1. The van der Waals surface area contributed by atoms with E-state index in [0.717, 1.165) is 5.56 Å². The molecule has 240 valence electrons. The van der Waals surface area contributed by atoms with Crippen molar-refractivity contribution < 1.29 is 33.8 Å². The topological polar surface area (TPSA) is 125 Å². The standard InChI is InChI=1S/C34H47N3O7/c1-7-9-15-26(39)35-20-22(3)43-32(42)27-25-16-17-34(44-25)28(27)30(40)37(24(21-38)19-23-13-11-10-12-14-23)29(34)31(41)36(18-8-2)33(4,5)6/h7-8,10-14,22,24-25,27-29,38H,1-2,9,15-21H2,3-6H3,(H,35,39)/t22-,24+,25-,27+,28+,29-,34+/m0/s1. The molecule has 2 bridgehead atoms. The third-order valence-electron chi connectivity index (χ3n) is 9.03. The minimum absolute atomic E-state index is 0.128. The lowest BCUT2D eigenvalue weighted by Crippen LogP contribution is -2.61. The predicted molar refractivity (Wildman–Crippen MR) is 165 cm³/mol. The van der Waals surface area contributed by atoms with Crippen LogP contribution in [0.5, 0.6) is 0 Å². The minimum Gasteiger partial charge on any atom is -0.460 e. The van der Waals surface area contributed by atoms with E-state index in [1.165, 1.54) is 4.90 Å². The molecule has 0 unspecified atom stereocenters. The van der Waals surface area contributed by atoms with Gasteiger partial charge in [0.05, 0.1) is 37.1 Å². The molecule has 3 amide bonds. The highest BCUT2D eigenvalue weighted by Gasteiger charge is 2.75. The zero-order valence-corrected chi connectivity index (χ0v) is 26.4. The van der Waals surface area contributed by atoms with Crippen LogP contribution in [0.4, 0.5) is 0 Å². The number of aliphatic hydroxyl groups is 1. The molecule has 3 aliphatic heterocycles. The number of ether oxygens (including phenoxy) is 2. The van der Waals surface area contributed by atoms with Gasteiger partial charge in [-0.05, 0) is 58.9 Å². The number of carbonyl (C=O) groups excluding carboxylic acids is 4. The maximum atomic E-state index is 14.6. The number of hydrogen-bond donors (Lipinski definition) is 2. The molecule has 0 radical (unpaired) electrons. The third kappa shape index (κ3) is 6.47. The van der Waals surface area contributed by atoms with Crippen molar-refractivity contribution in [3.05, 3.63) is 61.2 Å². The molecule has 1 aromatic rings. The highest BCUT2D eigenvalue weighted by atomic mass is 16.6. The Morgan fingerprint density at radius 3 is 2.55 bits per heavy atom. The second-order valence-electron chi connectivity index (χ2n) is 13.1. The minimum atomic E-state index is -1.24. The van der Waals surface area contributed by atoms with E-state index in [1.54, 1.807) is 24.0 Å². The lowest BCUT2D eigenvalue weighted by molar-refractivity contribution is -0.160. The Balaban J connectivity index is 1.66. The molecule has 44 heavy (non-hydrogen) atoms. The molecule has 10 heteroatoms. The first-order chi connectivity index (χ1) is 20.9. The van der Waals surface area contributed by atoms with Crippen molar-refractivity contribution in [3.8, 4) is 0 Å². The van der Waals surface area contributed by atoms with Gasteiger partial charge in [-0.25, -0.2) is 0 Å². The summed E-state index contributed by atoms with van der Waals surface area (Å²) in [6.45, 7) is 14.9. The van der Waals surface area contributed by atoms with Gasteiger partial charge in [0.25, 0.3) is 0 Å². The first-order valence-corrected chi connectivity index (χ1v) is 15.5. The van der Waals surface area contributed by atoms with Crippen LogP contribution in [0.2, 0.25) is 0 Å². The predicted octanol–water partition coefficient (Wildman–Crippen LogP) is 2.79. The number of carbonyl (C=O) groups is 4. The Labute approximate surface area is 260 Å². The van der Waals surface area contributed by atoms with Crippen molar-refractivity contribution in [1.29, 1.82) is 0 Å². The fourth-order valence-corrected chi connectivity index (χ4v) is 7.04. The first-order valence-electron chi connectivity index (χ1n) is 15.5. The van der Waals surface area contributed by atoms with Gasteiger partial charge in [0.15, 0.2) is 0 Å². The number of amides is 3. The fourth-order valence-electron chi connectivity index (χ4n) is 7.04. The third-order valence-corrected chi connectivity index (χ3v) is 9.03. The van der Waals surface area contributed by atoms with Crippen molar-refractivity contribution in [2.45, 2.75) is 95.2 Å². The van der Waals surface area contributed by atoms with Gasteiger partial charge < -0.3 is 29.7 Å². The summed E-state index contributed by atoms with van der Waals surface area (Å²) in [7, 11) is 0. The fraction of sp³-hybridized carbons (Fsp3) is 0.588. The molecular weight excluding hydrogens is 562 g/mol. The normalized spacial score (nSPS) is 26.9. The lowest BCUT2D eigenvalue weighted by atomic mass is 9.70. The molecule has 3 fully saturated rings. The van der Waals surface area contributed by atoms with Crippen LogP contribution in [0.25, 0.3) is 0 Å². The number of esters is 1. The molecule has 0 aliphatic carbocycles. The van der Waals surface area contributed by atoms with E-state index < -0.39 is 53.2 Å². The highest BCUT2D eigenvalue weighted by molar-refractivity contribution is 5.98. The average molecular weight is 610 g/mol. The van der Waals surface area contributed by atoms with Crippen LogP contribution < -0.4 is 5.32 Å². The van der Waals surface area contributed by atoms with Gasteiger partial charge in [0.1, 0.15) is 17.7 Å². The number of aliphatic hydroxyl groups excluding tert-OH is 1. The zero-order valence-electron chi connectivity index (χ0n) is 26.4. The summed E-state index contributed by atoms with van der Waals surface area (Å²) in [5.74, 6) is -3.29. The van der Waals surface area contributed by atoms with Gasteiger partial charge in [-0.2, -0.15) is 0 Å². The molecule has 1 spiro atoms. The summed E-state index contributed by atoms with van der Waals surface area (Å²) >= 11 is 0. The molecule has 3 aliphatic rings. The van der Waals surface area contributed by atoms with Crippen molar-refractivity contribution in [2.75, 3.05) is 19.7 Å². The Morgan fingerprint density at radius 2 is 1.93 bits per heavy atom. The number of hydrogen-bond acceptors (Lipinski definition) is 7. The Morgan fingerprint density at radius 1 is 1.23 bits per heavy atom. The summed E-state index contributed by atoms with van der Waals surface area (Å²) in [6.07, 6.45) is 4.18. The number of benzene rings is 1. The molecule has 3 heterocycles. The van der Waals surface area contributed by atoms with E-state index in [4.69, 9.17) is 9.47 Å². The summed E-state index contributed by atoms with van der Waals surface area (Å²) in [4.78, 5) is 58.0. The van der Waals surface area contributed by atoms with E-state index in [2.05, 4.69) is 18.5 Å². The van der Waals surface area contributed by atoms with Gasteiger partial charge in [0, 0.05) is 18.5 Å². The first kappa shape index (κ1) is 33.4. The molecule has 0 saturated carbocycles. The van der Waals surface area contributed by atoms with E-state index in [9.17, 15) is 24.3 Å². The number of likely N-dealkylation sites (tertiary alicyclic amines) is 1. The quantitative estimate of drug-likeness (QED) is 0.246. The van der Waals surface area contributed by atoms with E-state index in [1.807, 2.05) is 51.1 Å².